The van der Waals surface area contributed by atoms with Crippen LogP contribution < -0.4 is 11.1 Å². The van der Waals surface area contributed by atoms with E-state index in [1.807, 2.05) is 27.7 Å². The first-order valence-corrected chi connectivity index (χ1v) is 5.42. The van der Waals surface area contributed by atoms with E-state index >= 15 is 0 Å². The fourth-order valence-corrected chi connectivity index (χ4v) is 1.14. The molecule has 0 aromatic carbocycles. The first-order valence-electron chi connectivity index (χ1n) is 5.42. The molecule has 0 spiro atoms. The van der Waals surface area contributed by atoms with E-state index in [-0.39, 0.29) is 6.04 Å². The van der Waals surface area contributed by atoms with Crippen LogP contribution in [0, 0.1) is 0 Å². The van der Waals surface area contributed by atoms with Crippen LogP contribution in [0.5, 0.6) is 0 Å². The second-order valence-electron chi connectivity index (χ2n) is 4.86. The van der Waals surface area contributed by atoms with Gasteiger partial charge in [0.2, 0.25) is 0 Å². The number of alkyl carbamates (subject to hydrolysis) is 1. The number of hydrogen-bond donors (Lipinski definition) is 2. The number of nitrogen functional groups attached to an aromatic ring is 1. The Balaban J connectivity index is 2.38. The number of hydrogen-bond acceptors (Lipinski definition) is 5. The molecule has 0 aliphatic heterocycles. The van der Waals surface area contributed by atoms with Crippen LogP contribution in [0.25, 0.3) is 0 Å². The molecule has 1 heterocycles. The van der Waals surface area contributed by atoms with Gasteiger partial charge in [0.1, 0.15) is 5.60 Å². The van der Waals surface area contributed by atoms with Gasteiger partial charge in [-0.05, 0) is 27.7 Å². The van der Waals surface area contributed by atoms with Gasteiger partial charge in [0.15, 0.2) is 5.82 Å². The molecule has 0 radical (unpaired) electrons. The molecule has 96 valence electrons. The van der Waals surface area contributed by atoms with Gasteiger partial charge in [-0.3, -0.25) is 0 Å². The third-order valence-electron chi connectivity index (χ3n) is 1.92. The summed E-state index contributed by atoms with van der Waals surface area (Å²) in [5.74, 6) is 0.356. The van der Waals surface area contributed by atoms with E-state index < -0.39 is 11.7 Å². The number of nitrogens with zero attached hydrogens (tertiary/aromatic N) is 3. The number of carbonyl (C=O) groups excluding carboxylic acids is 1. The Morgan fingerprint density at radius 1 is 1.65 bits per heavy atom. The lowest BCUT2D eigenvalue weighted by Crippen LogP contribution is -2.35. The zero-order chi connectivity index (χ0) is 13.1. The van der Waals surface area contributed by atoms with Gasteiger partial charge in [-0.15, -0.1) is 5.10 Å². The molecule has 0 fully saturated rings. The number of ether oxygens (including phenoxy) is 1. The van der Waals surface area contributed by atoms with Crippen molar-refractivity contribution in [2.45, 2.75) is 39.3 Å². The largest absolute Gasteiger partial charge is 0.444 e. The zero-order valence-corrected chi connectivity index (χ0v) is 10.6. The van der Waals surface area contributed by atoms with Crippen molar-refractivity contribution in [2.75, 3.05) is 12.3 Å². The molecule has 1 aromatic rings. The van der Waals surface area contributed by atoms with Gasteiger partial charge < -0.3 is 15.8 Å². The minimum absolute atomic E-state index is 0.0349. The van der Waals surface area contributed by atoms with Crippen molar-refractivity contribution in [2.24, 2.45) is 0 Å². The molecule has 7 heteroatoms. The molecule has 1 rings (SSSR count). The highest BCUT2D eigenvalue weighted by Crippen LogP contribution is 2.07. The predicted octanol–water partition coefficient (Wildman–Crippen LogP) is 0.946. The lowest BCUT2D eigenvalue weighted by molar-refractivity contribution is 0.0520. The fraction of sp³-hybridized carbons (Fsp3) is 0.700. The Labute approximate surface area is 100 Å². The van der Waals surface area contributed by atoms with Gasteiger partial charge in [0.05, 0.1) is 12.2 Å². The number of amides is 1. The van der Waals surface area contributed by atoms with Crippen LogP contribution in [-0.4, -0.2) is 33.2 Å². The second kappa shape index (κ2) is 5.03. The minimum Gasteiger partial charge on any atom is -0.444 e. The summed E-state index contributed by atoms with van der Waals surface area (Å²) in [6.07, 6.45) is 1.17. The summed E-state index contributed by atoms with van der Waals surface area (Å²) < 4.78 is 6.70. The molecule has 7 nitrogen and oxygen atoms in total. The lowest BCUT2D eigenvalue weighted by atomic mass is 10.2. The molecule has 17 heavy (non-hydrogen) atoms. The number of nitrogens with one attached hydrogen (secondary N) is 1. The third kappa shape index (κ3) is 4.71. The van der Waals surface area contributed by atoms with E-state index in [9.17, 15) is 4.79 Å². The van der Waals surface area contributed by atoms with Crippen LogP contribution in [-0.2, 0) is 4.74 Å². The van der Waals surface area contributed by atoms with Crippen LogP contribution in [0.1, 0.15) is 33.7 Å². The minimum atomic E-state index is -0.495. The number of carbonyl (C=O) groups is 1. The predicted molar refractivity (Wildman–Crippen MR) is 63.4 cm³/mol. The lowest BCUT2D eigenvalue weighted by Gasteiger charge is -2.20. The Morgan fingerprint density at radius 2 is 2.29 bits per heavy atom. The maximum atomic E-state index is 11.4. The molecule has 1 aromatic heterocycles. The Kier molecular flexibility index (Phi) is 3.93. The van der Waals surface area contributed by atoms with E-state index in [1.165, 1.54) is 0 Å². The maximum absolute atomic E-state index is 11.4. The molecule has 0 bridgehead atoms. The van der Waals surface area contributed by atoms with E-state index in [2.05, 4.69) is 15.6 Å². The number of nitrogens with two attached hydrogens (primary N) is 1. The highest BCUT2D eigenvalue weighted by atomic mass is 16.6. The normalized spacial score (nSPS) is 13.2. The summed E-state index contributed by atoms with van der Waals surface area (Å²) >= 11 is 0. The highest BCUT2D eigenvalue weighted by Gasteiger charge is 2.16. The summed E-state index contributed by atoms with van der Waals surface area (Å²) in [6, 6.07) is -0.0349. The average Bonchev–Trinajstić information content (AvgIpc) is 2.58. The molecule has 1 unspecified atom stereocenters. The van der Waals surface area contributed by atoms with Crippen LogP contribution in [0.2, 0.25) is 0 Å². The van der Waals surface area contributed by atoms with Crippen molar-refractivity contribution in [3.63, 3.8) is 0 Å². The zero-order valence-electron chi connectivity index (χ0n) is 10.6. The van der Waals surface area contributed by atoms with Gasteiger partial charge in [-0.1, -0.05) is 5.21 Å². The SMILES string of the molecule is CC(CNC(=O)OC(C)(C)C)n1cc(N)nn1. The van der Waals surface area contributed by atoms with Crippen molar-refractivity contribution in [1.82, 2.24) is 20.3 Å². The molecule has 1 atom stereocenters. The van der Waals surface area contributed by atoms with Crippen molar-refractivity contribution >= 4 is 11.9 Å². The third-order valence-corrected chi connectivity index (χ3v) is 1.92. The number of anilines is 1. The van der Waals surface area contributed by atoms with Crippen molar-refractivity contribution in [3.05, 3.63) is 6.20 Å². The molecular weight excluding hydrogens is 222 g/mol. The molecular formula is C10H19N5O2. The highest BCUT2D eigenvalue weighted by molar-refractivity contribution is 5.67. The molecule has 3 N–H and O–H groups in total. The Bertz CT molecular complexity index is 382. The standard InChI is InChI=1S/C10H19N5O2/c1-7(15-6-8(11)13-14-15)5-12-9(16)17-10(2,3)4/h6-7H,5,11H2,1-4H3,(H,12,16). The summed E-state index contributed by atoms with van der Waals surface area (Å²) in [5, 5.41) is 10.1. The average molecular weight is 241 g/mol. The van der Waals surface area contributed by atoms with Crippen molar-refractivity contribution in [1.29, 1.82) is 0 Å². The van der Waals surface area contributed by atoms with E-state index in [0.29, 0.717) is 12.4 Å². The van der Waals surface area contributed by atoms with E-state index in [4.69, 9.17) is 10.5 Å². The molecule has 0 aliphatic rings. The van der Waals surface area contributed by atoms with Crippen LogP contribution >= 0.6 is 0 Å². The molecule has 1 amide bonds. The first kappa shape index (κ1) is 13.3. The monoisotopic (exact) mass is 241 g/mol. The Morgan fingerprint density at radius 3 is 2.76 bits per heavy atom. The van der Waals surface area contributed by atoms with Gasteiger partial charge in [0, 0.05) is 6.54 Å². The van der Waals surface area contributed by atoms with Crippen molar-refractivity contribution in [3.8, 4) is 0 Å². The Hall–Kier alpha value is -1.79. The van der Waals surface area contributed by atoms with E-state index in [1.54, 1.807) is 10.9 Å². The second-order valence-corrected chi connectivity index (χ2v) is 4.86. The summed E-state index contributed by atoms with van der Waals surface area (Å²) in [7, 11) is 0. The molecule has 0 aliphatic carbocycles. The maximum Gasteiger partial charge on any atom is 0.407 e. The van der Waals surface area contributed by atoms with Crippen LogP contribution in [0.4, 0.5) is 10.6 Å². The smallest absolute Gasteiger partial charge is 0.407 e. The van der Waals surface area contributed by atoms with Gasteiger partial charge in [0.25, 0.3) is 0 Å². The number of rotatable bonds is 3. The number of aromatic nitrogens is 3. The fourth-order valence-electron chi connectivity index (χ4n) is 1.14. The summed E-state index contributed by atoms with van der Waals surface area (Å²) in [5.41, 5.74) is 4.95. The first-order chi connectivity index (χ1) is 7.78. The van der Waals surface area contributed by atoms with Gasteiger partial charge in [-0.25, -0.2) is 9.48 Å². The molecule has 0 saturated heterocycles. The topological polar surface area (TPSA) is 95.1 Å². The quantitative estimate of drug-likeness (QED) is 0.821. The van der Waals surface area contributed by atoms with Crippen molar-refractivity contribution < 1.29 is 9.53 Å². The van der Waals surface area contributed by atoms with Gasteiger partial charge >= 0.3 is 6.09 Å². The summed E-state index contributed by atoms with van der Waals surface area (Å²) in [4.78, 5) is 11.4. The van der Waals surface area contributed by atoms with Crippen LogP contribution in [0.3, 0.4) is 0 Å². The molecule has 0 saturated carbocycles. The summed E-state index contributed by atoms with van der Waals surface area (Å²) in [6.45, 7) is 7.74. The van der Waals surface area contributed by atoms with E-state index in [0.717, 1.165) is 0 Å². The van der Waals surface area contributed by atoms with Crippen LogP contribution in [0.15, 0.2) is 6.20 Å². The van der Waals surface area contributed by atoms with Gasteiger partial charge in [-0.2, -0.15) is 0 Å².